The number of nitrogens with one attached hydrogen (secondary N) is 2. The highest BCUT2D eigenvalue weighted by Gasteiger charge is 2.31. The highest BCUT2D eigenvalue weighted by Crippen LogP contribution is 2.32. The summed E-state index contributed by atoms with van der Waals surface area (Å²) in [5.74, 6) is 5.76. The molecule has 11 nitrogen and oxygen atoms in total. The molecule has 1 aliphatic heterocycles. The molecule has 1 amide bonds. The van der Waals surface area contributed by atoms with Crippen molar-refractivity contribution in [1.29, 1.82) is 0 Å². The number of anilines is 1. The zero-order chi connectivity index (χ0) is 34.0. The van der Waals surface area contributed by atoms with Gasteiger partial charge in [-0.15, -0.1) is 0 Å². The maximum Gasteiger partial charge on any atom is 0.408 e. The average molecular weight is 675 g/mol. The van der Waals surface area contributed by atoms with E-state index in [0.717, 1.165) is 42.4 Å². The molecular weight excluding hydrogens is 629 g/mol. The molecule has 2 aromatic rings. The van der Waals surface area contributed by atoms with E-state index in [-0.39, 0.29) is 37.4 Å². The molecule has 46 heavy (non-hydrogen) atoms. The first kappa shape index (κ1) is 37.4. The van der Waals surface area contributed by atoms with E-state index >= 15 is 0 Å². The summed E-state index contributed by atoms with van der Waals surface area (Å²) in [6.45, 7) is 6.82. The number of benzene rings is 1. The van der Waals surface area contributed by atoms with Crippen LogP contribution >= 0.6 is 0 Å². The molecule has 15 heteroatoms. The molecule has 1 fully saturated rings. The highest BCUT2D eigenvalue weighted by atomic mass is 32.2. The van der Waals surface area contributed by atoms with Gasteiger partial charge in [-0.2, -0.15) is 21.6 Å². The molecule has 0 aliphatic carbocycles. The van der Waals surface area contributed by atoms with E-state index in [2.05, 4.69) is 38.6 Å². The van der Waals surface area contributed by atoms with Gasteiger partial charge in [0.05, 0.1) is 50.4 Å². The first-order chi connectivity index (χ1) is 21.5. The van der Waals surface area contributed by atoms with Crippen LogP contribution in [0.15, 0.2) is 24.3 Å². The van der Waals surface area contributed by atoms with Gasteiger partial charge in [0.15, 0.2) is 0 Å². The number of fused-ring (bicyclic) bond motifs is 1. The second-order valence-electron chi connectivity index (χ2n) is 12.2. The summed E-state index contributed by atoms with van der Waals surface area (Å²) in [6.07, 6.45) is -2.55. The van der Waals surface area contributed by atoms with Gasteiger partial charge >= 0.3 is 12.3 Å². The van der Waals surface area contributed by atoms with Gasteiger partial charge in [-0.3, -0.25) is 4.18 Å². The van der Waals surface area contributed by atoms with E-state index in [1.807, 2.05) is 6.07 Å². The van der Waals surface area contributed by atoms with Crippen LogP contribution in [0.1, 0.15) is 39.3 Å². The number of rotatable bonds is 14. The van der Waals surface area contributed by atoms with Crippen LogP contribution in [0.2, 0.25) is 0 Å². The summed E-state index contributed by atoms with van der Waals surface area (Å²) in [4.78, 5) is 14.2. The minimum atomic E-state index is -4.46. The van der Waals surface area contributed by atoms with Crippen LogP contribution in [0.3, 0.4) is 0 Å². The third kappa shape index (κ3) is 13.4. The van der Waals surface area contributed by atoms with Crippen molar-refractivity contribution in [3.63, 3.8) is 0 Å². The number of carbonyl (C=O) groups excluding carboxylic acids is 1. The number of amides is 1. The van der Waals surface area contributed by atoms with Crippen molar-refractivity contribution in [2.24, 2.45) is 5.92 Å². The number of halogens is 3. The van der Waals surface area contributed by atoms with Crippen LogP contribution in [-0.2, 0) is 35.1 Å². The Morgan fingerprint density at radius 2 is 1.78 bits per heavy atom. The van der Waals surface area contributed by atoms with Crippen molar-refractivity contribution in [1.82, 2.24) is 14.8 Å². The van der Waals surface area contributed by atoms with Gasteiger partial charge in [0, 0.05) is 30.3 Å². The molecule has 1 aliphatic rings. The Bertz CT molecular complexity index is 1460. The van der Waals surface area contributed by atoms with E-state index in [1.54, 1.807) is 39.0 Å². The molecule has 0 unspecified atom stereocenters. The molecule has 0 radical (unpaired) electrons. The van der Waals surface area contributed by atoms with Crippen LogP contribution in [0.5, 0.6) is 0 Å². The molecule has 2 heterocycles. The monoisotopic (exact) mass is 674 g/mol. The molecule has 0 spiro atoms. The van der Waals surface area contributed by atoms with Crippen LogP contribution in [0, 0.1) is 17.8 Å². The van der Waals surface area contributed by atoms with E-state index < -0.39 is 34.5 Å². The number of piperidine rings is 1. The zero-order valence-electron chi connectivity index (χ0n) is 27.0. The van der Waals surface area contributed by atoms with E-state index in [0.29, 0.717) is 30.7 Å². The minimum absolute atomic E-state index is 0.0493. The maximum atomic E-state index is 13.6. The summed E-state index contributed by atoms with van der Waals surface area (Å²) in [6, 6.07) is 6.95. The Kier molecular flexibility index (Phi) is 13.6. The van der Waals surface area contributed by atoms with Gasteiger partial charge in [0.25, 0.3) is 10.1 Å². The molecule has 258 valence electrons. The van der Waals surface area contributed by atoms with Gasteiger partial charge in [-0.25, -0.2) is 4.79 Å². The van der Waals surface area contributed by atoms with Crippen molar-refractivity contribution in [3.05, 3.63) is 30.0 Å². The van der Waals surface area contributed by atoms with Crippen molar-refractivity contribution < 1.29 is 44.8 Å². The standard InChI is InChI=1S/C31H45F3N4O7S/c1-30(2,3)45-29(39)35-13-7-8-24-20-25-27(9-6-10-28(25)38(24)22-31(32,33)34)36-26-11-14-37(4)21-23(26)12-15-42-16-17-43-18-19-44-46(5,40)41/h6,9-10,20,23,26,36H,11-19,21-22H2,1-5H3,(H,35,39)/t23-,26-/m0/s1. The fraction of sp³-hybridized carbons (Fsp3) is 0.645. The second kappa shape index (κ2) is 16.7. The lowest BCUT2D eigenvalue weighted by Gasteiger charge is -2.38. The van der Waals surface area contributed by atoms with E-state index in [9.17, 15) is 26.4 Å². The summed E-state index contributed by atoms with van der Waals surface area (Å²) in [5.41, 5.74) is 0.626. The molecule has 1 saturated heterocycles. The number of aromatic nitrogens is 1. The molecule has 0 saturated carbocycles. The van der Waals surface area contributed by atoms with Crippen LogP contribution in [-0.4, -0.2) is 108 Å². The lowest BCUT2D eigenvalue weighted by atomic mass is 9.89. The normalized spacial score (nSPS) is 17.8. The average Bonchev–Trinajstić information content (AvgIpc) is 3.26. The minimum Gasteiger partial charge on any atom is -0.444 e. The number of carbonyl (C=O) groups is 1. The molecular formula is C31H45F3N4O7S. The van der Waals surface area contributed by atoms with Crippen LogP contribution in [0.25, 0.3) is 10.9 Å². The number of nitrogens with zero attached hydrogens (tertiary/aromatic N) is 2. The fourth-order valence-corrected chi connectivity index (χ4v) is 5.50. The predicted octanol–water partition coefficient (Wildman–Crippen LogP) is 4.21. The number of ether oxygens (including phenoxy) is 3. The van der Waals surface area contributed by atoms with Gasteiger partial charge in [-0.05, 0) is 77.2 Å². The van der Waals surface area contributed by atoms with Gasteiger partial charge in [0.1, 0.15) is 12.1 Å². The van der Waals surface area contributed by atoms with Gasteiger partial charge in [-0.1, -0.05) is 12.0 Å². The zero-order valence-corrected chi connectivity index (χ0v) is 27.9. The maximum absolute atomic E-state index is 13.6. The molecule has 2 N–H and O–H groups in total. The molecule has 1 aromatic heterocycles. The third-order valence-electron chi connectivity index (χ3n) is 7.03. The van der Waals surface area contributed by atoms with Crippen LogP contribution < -0.4 is 10.6 Å². The summed E-state index contributed by atoms with van der Waals surface area (Å²) < 4.78 is 84.9. The lowest BCUT2D eigenvalue weighted by molar-refractivity contribution is -0.140. The fourth-order valence-electron chi connectivity index (χ4n) is 5.13. The number of alkyl carbamates (subject to hydrolysis) is 1. The first-order valence-electron chi connectivity index (χ1n) is 15.1. The summed E-state index contributed by atoms with van der Waals surface area (Å²) in [5, 5.41) is 6.73. The topological polar surface area (TPSA) is 120 Å². The Morgan fingerprint density at radius 3 is 2.46 bits per heavy atom. The molecule has 0 bridgehead atoms. The Hall–Kier alpha value is -3.03. The quantitative estimate of drug-likeness (QED) is 0.173. The van der Waals surface area contributed by atoms with Crippen LogP contribution in [0.4, 0.5) is 23.7 Å². The lowest BCUT2D eigenvalue weighted by Crippen LogP contribution is -2.45. The van der Waals surface area contributed by atoms with E-state index in [4.69, 9.17) is 14.2 Å². The third-order valence-corrected chi connectivity index (χ3v) is 7.62. The Labute approximate surface area is 269 Å². The van der Waals surface area contributed by atoms with Crippen molar-refractivity contribution in [2.75, 3.05) is 71.3 Å². The summed E-state index contributed by atoms with van der Waals surface area (Å²) in [7, 11) is -1.44. The largest absolute Gasteiger partial charge is 0.444 e. The predicted molar refractivity (Wildman–Crippen MR) is 169 cm³/mol. The van der Waals surface area contributed by atoms with Crippen molar-refractivity contribution in [3.8, 4) is 11.8 Å². The number of alkyl halides is 3. The van der Waals surface area contributed by atoms with Crippen molar-refractivity contribution >= 4 is 32.8 Å². The molecule has 3 rings (SSSR count). The smallest absolute Gasteiger partial charge is 0.408 e. The highest BCUT2D eigenvalue weighted by molar-refractivity contribution is 7.85. The Morgan fingerprint density at radius 1 is 1.09 bits per heavy atom. The number of hydrogen-bond donors (Lipinski definition) is 2. The number of hydrogen-bond acceptors (Lipinski definition) is 9. The molecule has 2 atom stereocenters. The van der Waals surface area contributed by atoms with Gasteiger partial charge in [0.2, 0.25) is 0 Å². The molecule has 1 aromatic carbocycles. The Balaban J connectivity index is 1.67. The van der Waals surface area contributed by atoms with Crippen molar-refractivity contribution in [2.45, 2.75) is 58.0 Å². The van der Waals surface area contributed by atoms with Gasteiger partial charge < -0.3 is 34.3 Å². The second-order valence-corrected chi connectivity index (χ2v) is 13.9. The first-order valence-corrected chi connectivity index (χ1v) is 16.9. The van der Waals surface area contributed by atoms with E-state index in [1.165, 1.54) is 0 Å². The summed E-state index contributed by atoms with van der Waals surface area (Å²) >= 11 is 0. The SMILES string of the molecule is CN1CC[C@H](Nc2cccc3c2cc(C#CCNC(=O)OC(C)(C)C)n3CC(F)(F)F)[C@@H](CCOCCOCCOS(C)(=O)=O)C1. The number of likely N-dealkylation sites (tertiary alicyclic amines) is 1.